The van der Waals surface area contributed by atoms with Gasteiger partial charge in [0, 0.05) is 6.54 Å². The third-order valence-electron chi connectivity index (χ3n) is 3.78. The summed E-state index contributed by atoms with van der Waals surface area (Å²) in [5.41, 5.74) is 6.67. The molecule has 0 aromatic heterocycles. The van der Waals surface area contributed by atoms with Crippen LogP contribution in [-0.4, -0.2) is 19.1 Å². The van der Waals surface area contributed by atoms with Gasteiger partial charge >= 0.3 is 0 Å². The van der Waals surface area contributed by atoms with Gasteiger partial charge in [-0.05, 0) is 30.4 Å². The summed E-state index contributed by atoms with van der Waals surface area (Å²) in [5.74, 6) is 0.684. The third kappa shape index (κ3) is 3.88. The van der Waals surface area contributed by atoms with Crippen LogP contribution < -0.4 is 15.8 Å². The molecule has 1 fully saturated rings. The fraction of sp³-hybridized carbons (Fsp3) is 0.533. The molecule has 0 unspecified atom stereocenters. The van der Waals surface area contributed by atoms with Gasteiger partial charge in [0.1, 0.15) is 5.75 Å². The SMILES string of the molecule is CC1(CNC(=O)CCOc2ccccc2N)CCC1. The van der Waals surface area contributed by atoms with Crippen LogP contribution in [0.15, 0.2) is 24.3 Å². The average molecular weight is 262 g/mol. The van der Waals surface area contributed by atoms with Crippen molar-refractivity contribution in [2.45, 2.75) is 32.6 Å². The van der Waals surface area contributed by atoms with Crippen molar-refractivity contribution >= 4 is 11.6 Å². The maximum atomic E-state index is 11.7. The number of rotatable bonds is 6. The van der Waals surface area contributed by atoms with Gasteiger partial charge in [-0.3, -0.25) is 4.79 Å². The van der Waals surface area contributed by atoms with Crippen molar-refractivity contribution in [1.82, 2.24) is 5.32 Å². The Morgan fingerprint density at radius 2 is 2.16 bits per heavy atom. The van der Waals surface area contributed by atoms with Crippen molar-refractivity contribution in [2.24, 2.45) is 5.41 Å². The number of benzene rings is 1. The monoisotopic (exact) mass is 262 g/mol. The minimum atomic E-state index is 0.0441. The summed E-state index contributed by atoms with van der Waals surface area (Å²) in [6, 6.07) is 7.31. The largest absolute Gasteiger partial charge is 0.491 e. The molecule has 0 bridgehead atoms. The van der Waals surface area contributed by atoms with Gasteiger partial charge in [-0.1, -0.05) is 25.5 Å². The Bertz CT molecular complexity index is 442. The molecule has 1 aromatic rings. The number of ether oxygens (including phenoxy) is 1. The van der Waals surface area contributed by atoms with Crippen molar-refractivity contribution in [3.63, 3.8) is 0 Å². The molecule has 19 heavy (non-hydrogen) atoms. The lowest BCUT2D eigenvalue weighted by Gasteiger charge is -2.38. The Kier molecular flexibility index (Phi) is 4.30. The second-order valence-corrected chi connectivity index (χ2v) is 5.58. The lowest BCUT2D eigenvalue weighted by molar-refractivity contribution is -0.122. The summed E-state index contributed by atoms with van der Waals surface area (Å²) < 4.78 is 5.49. The standard InChI is InChI=1S/C15H22N2O2/c1-15(8-4-9-15)11-17-14(18)7-10-19-13-6-3-2-5-12(13)16/h2-3,5-6H,4,7-11,16H2,1H3,(H,17,18). The van der Waals surface area contributed by atoms with Crippen LogP contribution >= 0.6 is 0 Å². The molecule has 0 aliphatic heterocycles. The second kappa shape index (κ2) is 5.95. The molecule has 104 valence electrons. The highest BCUT2D eigenvalue weighted by Crippen LogP contribution is 2.39. The van der Waals surface area contributed by atoms with Crippen LogP contribution in [0.25, 0.3) is 0 Å². The molecule has 1 aromatic carbocycles. The molecule has 0 spiro atoms. The number of nitrogens with one attached hydrogen (secondary N) is 1. The van der Waals surface area contributed by atoms with E-state index in [0.29, 0.717) is 29.9 Å². The van der Waals surface area contributed by atoms with Crippen LogP contribution in [0.4, 0.5) is 5.69 Å². The highest BCUT2D eigenvalue weighted by atomic mass is 16.5. The van der Waals surface area contributed by atoms with E-state index >= 15 is 0 Å². The van der Waals surface area contributed by atoms with Gasteiger partial charge in [-0.2, -0.15) is 0 Å². The summed E-state index contributed by atoms with van der Waals surface area (Å²) >= 11 is 0. The van der Waals surface area contributed by atoms with Crippen LogP contribution in [0.5, 0.6) is 5.75 Å². The van der Waals surface area contributed by atoms with Crippen molar-refractivity contribution in [1.29, 1.82) is 0 Å². The normalized spacial score (nSPS) is 16.5. The zero-order valence-electron chi connectivity index (χ0n) is 11.4. The first-order chi connectivity index (χ1) is 9.09. The molecule has 0 radical (unpaired) electrons. The fourth-order valence-corrected chi connectivity index (χ4v) is 2.22. The summed E-state index contributed by atoms with van der Waals surface area (Å²) in [6.07, 6.45) is 4.07. The lowest BCUT2D eigenvalue weighted by Crippen LogP contribution is -2.40. The van der Waals surface area contributed by atoms with Crippen molar-refractivity contribution in [3.05, 3.63) is 24.3 Å². The molecule has 1 saturated carbocycles. The van der Waals surface area contributed by atoms with Crippen LogP contribution in [0.3, 0.4) is 0 Å². The molecule has 3 N–H and O–H groups in total. The predicted octanol–water partition coefficient (Wildman–Crippen LogP) is 2.34. The first-order valence-corrected chi connectivity index (χ1v) is 6.83. The number of para-hydroxylation sites is 2. The molecule has 0 heterocycles. The molecule has 1 amide bonds. The molecule has 0 atom stereocenters. The summed E-state index contributed by atoms with van der Waals surface area (Å²) in [5, 5.41) is 2.98. The number of amides is 1. The number of nitrogen functional groups attached to an aromatic ring is 1. The summed E-state index contributed by atoms with van der Waals surface area (Å²) in [4.78, 5) is 11.7. The molecule has 1 aliphatic carbocycles. The maximum absolute atomic E-state index is 11.7. The third-order valence-corrected chi connectivity index (χ3v) is 3.78. The van der Waals surface area contributed by atoms with Crippen molar-refractivity contribution < 1.29 is 9.53 Å². The molecule has 2 rings (SSSR count). The van der Waals surface area contributed by atoms with Gasteiger partial charge in [0.25, 0.3) is 0 Å². The number of hydrogen-bond acceptors (Lipinski definition) is 3. The molecule has 1 aliphatic rings. The number of carbonyl (C=O) groups is 1. The number of anilines is 1. The minimum Gasteiger partial charge on any atom is -0.491 e. The van der Waals surface area contributed by atoms with Crippen LogP contribution in [0.2, 0.25) is 0 Å². The zero-order chi connectivity index (χ0) is 13.7. The molecule has 4 heteroatoms. The minimum absolute atomic E-state index is 0.0441. The van der Waals surface area contributed by atoms with E-state index in [4.69, 9.17) is 10.5 Å². The van der Waals surface area contributed by atoms with Gasteiger partial charge in [-0.25, -0.2) is 0 Å². The van der Waals surface area contributed by atoms with E-state index in [1.54, 1.807) is 6.07 Å². The van der Waals surface area contributed by atoms with Crippen LogP contribution in [0.1, 0.15) is 32.6 Å². The Hall–Kier alpha value is -1.71. The summed E-state index contributed by atoms with van der Waals surface area (Å²) in [6.45, 7) is 3.36. The molecule has 0 saturated heterocycles. The molecule has 4 nitrogen and oxygen atoms in total. The van der Waals surface area contributed by atoms with E-state index in [9.17, 15) is 4.79 Å². The second-order valence-electron chi connectivity index (χ2n) is 5.58. The fourth-order valence-electron chi connectivity index (χ4n) is 2.22. The van der Waals surface area contributed by atoms with E-state index in [-0.39, 0.29) is 5.91 Å². The number of hydrogen-bond donors (Lipinski definition) is 2. The van der Waals surface area contributed by atoms with Gasteiger partial charge in [0.2, 0.25) is 5.91 Å². The predicted molar refractivity (Wildman–Crippen MR) is 75.9 cm³/mol. The van der Waals surface area contributed by atoms with Gasteiger partial charge in [0.05, 0.1) is 18.7 Å². The van der Waals surface area contributed by atoms with Gasteiger partial charge < -0.3 is 15.8 Å². The highest BCUT2D eigenvalue weighted by molar-refractivity contribution is 5.76. The van der Waals surface area contributed by atoms with E-state index in [1.165, 1.54) is 19.3 Å². The zero-order valence-corrected chi connectivity index (χ0v) is 11.4. The van der Waals surface area contributed by atoms with Crippen LogP contribution in [0, 0.1) is 5.41 Å². The Balaban J connectivity index is 1.65. The van der Waals surface area contributed by atoms with E-state index < -0.39 is 0 Å². The maximum Gasteiger partial charge on any atom is 0.223 e. The quantitative estimate of drug-likeness (QED) is 0.773. The summed E-state index contributed by atoms with van der Waals surface area (Å²) in [7, 11) is 0. The van der Waals surface area contributed by atoms with Crippen LogP contribution in [-0.2, 0) is 4.79 Å². The number of carbonyl (C=O) groups excluding carboxylic acids is 1. The van der Waals surface area contributed by atoms with E-state index in [0.717, 1.165) is 6.54 Å². The first-order valence-electron chi connectivity index (χ1n) is 6.83. The lowest BCUT2D eigenvalue weighted by atomic mass is 9.70. The van der Waals surface area contributed by atoms with E-state index in [1.807, 2.05) is 18.2 Å². The molecular weight excluding hydrogens is 240 g/mol. The van der Waals surface area contributed by atoms with E-state index in [2.05, 4.69) is 12.2 Å². The molecular formula is C15H22N2O2. The smallest absolute Gasteiger partial charge is 0.223 e. The topological polar surface area (TPSA) is 64.3 Å². The van der Waals surface area contributed by atoms with Crippen molar-refractivity contribution in [2.75, 3.05) is 18.9 Å². The van der Waals surface area contributed by atoms with Gasteiger partial charge in [-0.15, -0.1) is 0 Å². The highest BCUT2D eigenvalue weighted by Gasteiger charge is 2.31. The first kappa shape index (κ1) is 13.7. The average Bonchev–Trinajstić information content (AvgIpc) is 2.36. The number of nitrogens with two attached hydrogens (primary N) is 1. The Morgan fingerprint density at radius 3 is 2.79 bits per heavy atom. The van der Waals surface area contributed by atoms with Gasteiger partial charge in [0.15, 0.2) is 0 Å². The Labute approximate surface area is 114 Å². The van der Waals surface area contributed by atoms with Crippen molar-refractivity contribution in [3.8, 4) is 5.75 Å². The Morgan fingerprint density at radius 1 is 1.42 bits per heavy atom.